The summed E-state index contributed by atoms with van der Waals surface area (Å²) in [6, 6.07) is 3.05. The molecule has 0 spiro atoms. The van der Waals surface area contributed by atoms with Gasteiger partial charge >= 0.3 is 0 Å². The monoisotopic (exact) mass is 259 g/mol. The first-order valence-electron chi connectivity index (χ1n) is 7.04. The van der Waals surface area contributed by atoms with Crippen molar-refractivity contribution in [2.45, 2.75) is 38.8 Å². The van der Waals surface area contributed by atoms with E-state index in [0.717, 1.165) is 29.8 Å². The van der Waals surface area contributed by atoms with E-state index in [0.29, 0.717) is 12.1 Å². The molecule has 0 aromatic carbocycles. The highest BCUT2D eigenvalue weighted by molar-refractivity contribution is 5.78. The zero-order valence-corrected chi connectivity index (χ0v) is 11.6. The maximum atomic E-state index is 4.55. The molecule has 0 unspecified atom stereocenters. The number of piperidine rings is 1. The highest BCUT2D eigenvalue weighted by atomic mass is 15.3. The third kappa shape index (κ3) is 2.56. The number of aromatic nitrogens is 3. The Labute approximate surface area is 113 Å². The van der Waals surface area contributed by atoms with Crippen molar-refractivity contribution < 1.29 is 0 Å². The van der Waals surface area contributed by atoms with Gasteiger partial charge in [0, 0.05) is 17.5 Å². The van der Waals surface area contributed by atoms with Crippen LogP contribution in [0.4, 0.5) is 5.69 Å². The molecule has 0 aliphatic carbocycles. The van der Waals surface area contributed by atoms with Crippen molar-refractivity contribution in [3.8, 4) is 0 Å². The van der Waals surface area contributed by atoms with E-state index in [1.807, 2.05) is 17.1 Å². The zero-order valence-electron chi connectivity index (χ0n) is 11.6. The lowest BCUT2D eigenvalue weighted by atomic mass is 10.1. The van der Waals surface area contributed by atoms with Crippen molar-refractivity contribution in [1.82, 2.24) is 20.1 Å². The van der Waals surface area contributed by atoms with Crippen molar-refractivity contribution >= 4 is 16.7 Å². The number of nitrogens with zero attached hydrogens (tertiary/aromatic N) is 3. The first-order valence-corrected chi connectivity index (χ1v) is 7.04. The summed E-state index contributed by atoms with van der Waals surface area (Å²) in [4.78, 5) is 4.55. The molecule has 5 nitrogen and oxygen atoms in total. The van der Waals surface area contributed by atoms with Crippen LogP contribution in [0.3, 0.4) is 0 Å². The summed E-state index contributed by atoms with van der Waals surface area (Å²) in [5.74, 6) is 0. The summed E-state index contributed by atoms with van der Waals surface area (Å²) >= 11 is 0. The van der Waals surface area contributed by atoms with Crippen LogP contribution < -0.4 is 10.6 Å². The first kappa shape index (κ1) is 12.4. The molecule has 0 atom stereocenters. The van der Waals surface area contributed by atoms with Gasteiger partial charge in [0.05, 0.1) is 18.1 Å². The van der Waals surface area contributed by atoms with Crippen LogP contribution in [0.5, 0.6) is 0 Å². The standard InChI is InChI=1S/C14H21N5/c1-10(2)19-14-11(8-17-19)7-13(9-16-14)18-12-3-5-15-6-4-12/h7-10,12,15,18H,3-6H2,1-2H3. The van der Waals surface area contributed by atoms with Crippen LogP contribution in [0.2, 0.25) is 0 Å². The molecule has 1 aliphatic rings. The van der Waals surface area contributed by atoms with Gasteiger partial charge in [-0.1, -0.05) is 0 Å². The van der Waals surface area contributed by atoms with Crippen LogP contribution >= 0.6 is 0 Å². The summed E-state index contributed by atoms with van der Waals surface area (Å²) in [6.45, 7) is 6.43. The molecule has 0 amide bonds. The molecule has 2 aromatic heterocycles. The van der Waals surface area contributed by atoms with Gasteiger partial charge in [0.1, 0.15) is 0 Å². The van der Waals surface area contributed by atoms with Gasteiger partial charge in [-0.2, -0.15) is 5.10 Å². The largest absolute Gasteiger partial charge is 0.381 e. The topological polar surface area (TPSA) is 54.8 Å². The van der Waals surface area contributed by atoms with Crippen molar-refractivity contribution in [1.29, 1.82) is 0 Å². The highest BCUT2D eigenvalue weighted by Gasteiger charge is 2.13. The molecule has 2 aromatic rings. The van der Waals surface area contributed by atoms with E-state index in [-0.39, 0.29) is 0 Å². The van der Waals surface area contributed by atoms with Gasteiger partial charge < -0.3 is 10.6 Å². The fourth-order valence-electron chi connectivity index (χ4n) is 2.60. The van der Waals surface area contributed by atoms with E-state index in [2.05, 4.69) is 40.6 Å². The predicted octanol–water partition coefficient (Wildman–Crippen LogP) is 2.18. The molecule has 1 aliphatic heterocycles. The second-order valence-corrected chi connectivity index (χ2v) is 5.49. The Kier molecular flexibility index (Phi) is 3.38. The first-order chi connectivity index (χ1) is 9.24. The molecule has 1 saturated heterocycles. The Hall–Kier alpha value is -1.62. The average Bonchev–Trinajstić information content (AvgIpc) is 2.83. The third-order valence-corrected chi connectivity index (χ3v) is 3.63. The fourth-order valence-corrected chi connectivity index (χ4v) is 2.60. The SMILES string of the molecule is CC(C)n1ncc2cc(NC3CCNCC3)cnc21. The number of hydrogen-bond donors (Lipinski definition) is 2. The summed E-state index contributed by atoms with van der Waals surface area (Å²) in [5, 5.41) is 12.5. The molecular formula is C14H21N5. The number of fused-ring (bicyclic) bond motifs is 1. The Bertz CT molecular complexity index is 554. The smallest absolute Gasteiger partial charge is 0.158 e. The molecule has 0 radical (unpaired) electrons. The van der Waals surface area contributed by atoms with E-state index in [1.165, 1.54) is 12.8 Å². The Morgan fingerprint density at radius 2 is 2.11 bits per heavy atom. The average molecular weight is 259 g/mol. The lowest BCUT2D eigenvalue weighted by Gasteiger charge is -2.24. The van der Waals surface area contributed by atoms with Crippen LogP contribution in [-0.2, 0) is 0 Å². The molecule has 1 fully saturated rings. The van der Waals surface area contributed by atoms with E-state index >= 15 is 0 Å². The fraction of sp³-hybridized carbons (Fsp3) is 0.571. The molecule has 3 heterocycles. The molecule has 0 bridgehead atoms. The molecule has 19 heavy (non-hydrogen) atoms. The van der Waals surface area contributed by atoms with E-state index in [4.69, 9.17) is 0 Å². The lowest BCUT2D eigenvalue weighted by molar-refractivity contribution is 0.479. The van der Waals surface area contributed by atoms with Gasteiger partial charge in [0.15, 0.2) is 5.65 Å². The number of rotatable bonds is 3. The Balaban J connectivity index is 1.81. The van der Waals surface area contributed by atoms with Crippen molar-refractivity contribution in [3.05, 3.63) is 18.5 Å². The number of hydrogen-bond acceptors (Lipinski definition) is 4. The second-order valence-electron chi connectivity index (χ2n) is 5.49. The van der Waals surface area contributed by atoms with Crippen LogP contribution in [0.1, 0.15) is 32.7 Å². The van der Waals surface area contributed by atoms with Gasteiger partial charge in [-0.05, 0) is 45.8 Å². The van der Waals surface area contributed by atoms with Gasteiger partial charge in [-0.25, -0.2) is 9.67 Å². The normalized spacial score (nSPS) is 17.2. The molecule has 0 saturated carbocycles. The van der Waals surface area contributed by atoms with Gasteiger partial charge in [-0.15, -0.1) is 0 Å². The summed E-state index contributed by atoms with van der Waals surface area (Å²) in [6.07, 6.45) is 6.16. The summed E-state index contributed by atoms with van der Waals surface area (Å²) in [7, 11) is 0. The van der Waals surface area contributed by atoms with Crippen LogP contribution in [0.25, 0.3) is 11.0 Å². The summed E-state index contributed by atoms with van der Waals surface area (Å²) < 4.78 is 1.96. The van der Waals surface area contributed by atoms with Crippen molar-refractivity contribution in [2.24, 2.45) is 0 Å². The van der Waals surface area contributed by atoms with Gasteiger partial charge in [-0.3, -0.25) is 0 Å². The maximum absolute atomic E-state index is 4.55. The molecule has 3 rings (SSSR count). The molecular weight excluding hydrogens is 238 g/mol. The minimum atomic E-state index is 0.341. The van der Waals surface area contributed by atoms with E-state index < -0.39 is 0 Å². The second kappa shape index (κ2) is 5.17. The van der Waals surface area contributed by atoms with Crippen LogP contribution in [0.15, 0.2) is 18.5 Å². The van der Waals surface area contributed by atoms with Gasteiger partial charge in [0.25, 0.3) is 0 Å². The molecule has 102 valence electrons. The van der Waals surface area contributed by atoms with Crippen LogP contribution in [0, 0.1) is 0 Å². The number of pyridine rings is 1. The Morgan fingerprint density at radius 3 is 2.84 bits per heavy atom. The number of anilines is 1. The minimum absolute atomic E-state index is 0.341. The predicted molar refractivity (Wildman–Crippen MR) is 77.4 cm³/mol. The summed E-state index contributed by atoms with van der Waals surface area (Å²) in [5.41, 5.74) is 2.06. The molecule has 2 N–H and O–H groups in total. The van der Waals surface area contributed by atoms with Gasteiger partial charge in [0.2, 0.25) is 0 Å². The van der Waals surface area contributed by atoms with Crippen molar-refractivity contribution in [2.75, 3.05) is 18.4 Å². The third-order valence-electron chi connectivity index (χ3n) is 3.63. The van der Waals surface area contributed by atoms with E-state index in [9.17, 15) is 0 Å². The Morgan fingerprint density at radius 1 is 1.32 bits per heavy atom. The van der Waals surface area contributed by atoms with Crippen molar-refractivity contribution in [3.63, 3.8) is 0 Å². The van der Waals surface area contributed by atoms with Crippen LogP contribution in [-0.4, -0.2) is 33.9 Å². The maximum Gasteiger partial charge on any atom is 0.158 e. The highest BCUT2D eigenvalue weighted by Crippen LogP contribution is 2.20. The molecule has 5 heteroatoms. The lowest BCUT2D eigenvalue weighted by Crippen LogP contribution is -2.35. The minimum Gasteiger partial charge on any atom is -0.381 e. The van der Waals surface area contributed by atoms with E-state index in [1.54, 1.807) is 0 Å². The quantitative estimate of drug-likeness (QED) is 0.887. The number of nitrogens with one attached hydrogen (secondary N) is 2. The zero-order chi connectivity index (χ0) is 13.2.